The van der Waals surface area contributed by atoms with Gasteiger partial charge in [0.2, 0.25) is 0 Å². The first kappa shape index (κ1) is 15.8. The SMILES string of the molecule is CC(C)(C)N1CCC(COc2ccc(Br)cc2F)CC1. The minimum atomic E-state index is -0.300. The topological polar surface area (TPSA) is 12.5 Å². The van der Waals surface area contributed by atoms with Gasteiger partial charge >= 0.3 is 0 Å². The minimum Gasteiger partial charge on any atom is -0.490 e. The highest BCUT2D eigenvalue weighted by molar-refractivity contribution is 9.10. The van der Waals surface area contributed by atoms with E-state index in [9.17, 15) is 4.39 Å². The van der Waals surface area contributed by atoms with Crippen molar-refractivity contribution in [3.63, 3.8) is 0 Å². The molecule has 0 saturated carbocycles. The summed E-state index contributed by atoms with van der Waals surface area (Å²) in [6.07, 6.45) is 2.24. The van der Waals surface area contributed by atoms with Crippen molar-refractivity contribution >= 4 is 15.9 Å². The van der Waals surface area contributed by atoms with E-state index in [0.717, 1.165) is 30.4 Å². The van der Waals surface area contributed by atoms with E-state index in [0.29, 0.717) is 18.3 Å². The van der Waals surface area contributed by atoms with Gasteiger partial charge in [-0.25, -0.2) is 4.39 Å². The molecule has 0 unspecified atom stereocenters. The molecule has 1 fully saturated rings. The highest BCUT2D eigenvalue weighted by atomic mass is 79.9. The maximum Gasteiger partial charge on any atom is 0.166 e. The van der Waals surface area contributed by atoms with Gasteiger partial charge < -0.3 is 4.74 Å². The second-order valence-corrected chi connectivity index (χ2v) is 7.40. The molecular formula is C16H23BrFNO. The summed E-state index contributed by atoms with van der Waals surface area (Å²) in [6, 6.07) is 4.93. The molecule has 0 amide bonds. The number of benzene rings is 1. The highest BCUT2D eigenvalue weighted by Gasteiger charge is 2.27. The Balaban J connectivity index is 1.82. The largest absolute Gasteiger partial charge is 0.490 e. The first-order chi connectivity index (χ1) is 9.36. The molecule has 1 aliphatic heterocycles. The van der Waals surface area contributed by atoms with Crippen LogP contribution in [-0.2, 0) is 0 Å². The summed E-state index contributed by atoms with van der Waals surface area (Å²) in [5.74, 6) is 0.578. The second-order valence-electron chi connectivity index (χ2n) is 6.49. The highest BCUT2D eigenvalue weighted by Crippen LogP contribution is 2.26. The number of hydrogen-bond acceptors (Lipinski definition) is 2. The van der Waals surface area contributed by atoms with Crippen LogP contribution in [0.2, 0.25) is 0 Å². The molecule has 0 atom stereocenters. The lowest BCUT2D eigenvalue weighted by Gasteiger charge is -2.40. The number of hydrogen-bond donors (Lipinski definition) is 0. The number of nitrogens with zero attached hydrogens (tertiary/aromatic N) is 1. The van der Waals surface area contributed by atoms with Crippen molar-refractivity contribution in [1.29, 1.82) is 0 Å². The second kappa shape index (κ2) is 6.44. The number of ether oxygens (including phenoxy) is 1. The Morgan fingerprint density at radius 1 is 1.30 bits per heavy atom. The maximum absolute atomic E-state index is 13.7. The smallest absolute Gasteiger partial charge is 0.166 e. The van der Waals surface area contributed by atoms with Crippen molar-refractivity contribution in [2.45, 2.75) is 39.2 Å². The normalized spacial score (nSPS) is 18.2. The van der Waals surface area contributed by atoms with Crippen molar-refractivity contribution in [3.05, 3.63) is 28.5 Å². The maximum atomic E-state index is 13.7. The number of piperidine rings is 1. The van der Waals surface area contributed by atoms with Crippen LogP contribution < -0.4 is 4.74 Å². The molecule has 20 heavy (non-hydrogen) atoms. The summed E-state index contributed by atoms with van der Waals surface area (Å²) in [7, 11) is 0. The molecule has 4 heteroatoms. The average molecular weight is 344 g/mol. The fourth-order valence-electron chi connectivity index (χ4n) is 2.57. The zero-order valence-electron chi connectivity index (χ0n) is 12.5. The lowest BCUT2D eigenvalue weighted by Crippen LogP contribution is -2.46. The van der Waals surface area contributed by atoms with Gasteiger partial charge in [-0.15, -0.1) is 0 Å². The molecule has 1 aromatic carbocycles. The Morgan fingerprint density at radius 2 is 1.95 bits per heavy atom. The van der Waals surface area contributed by atoms with Crippen LogP contribution in [0.15, 0.2) is 22.7 Å². The lowest BCUT2D eigenvalue weighted by atomic mass is 9.94. The van der Waals surface area contributed by atoms with E-state index in [1.807, 2.05) is 0 Å². The Morgan fingerprint density at radius 3 is 2.50 bits per heavy atom. The summed E-state index contributed by atoms with van der Waals surface area (Å²) in [6.45, 7) is 9.56. The van der Waals surface area contributed by atoms with E-state index < -0.39 is 0 Å². The van der Waals surface area contributed by atoms with E-state index in [2.05, 4.69) is 41.6 Å². The summed E-state index contributed by atoms with van der Waals surface area (Å²) in [4.78, 5) is 2.50. The summed E-state index contributed by atoms with van der Waals surface area (Å²) in [5.41, 5.74) is 0.240. The van der Waals surface area contributed by atoms with Crippen LogP contribution >= 0.6 is 15.9 Å². The number of likely N-dealkylation sites (tertiary alicyclic amines) is 1. The van der Waals surface area contributed by atoms with Crippen LogP contribution in [0.25, 0.3) is 0 Å². The molecule has 0 radical (unpaired) electrons. The fourth-order valence-corrected chi connectivity index (χ4v) is 2.90. The molecule has 0 N–H and O–H groups in total. The summed E-state index contributed by atoms with van der Waals surface area (Å²) >= 11 is 3.25. The molecule has 2 rings (SSSR count). The van der Waals surface area contributed by atoms with E-state index in [1.165, 1.54) is 6.07 Å². The molecule has 0 aromatic heterocycles. The van der Waals surface area contributed by atoms with Crippen molar-refractivity contribution in [1.82, 2.24) is 4.90 Å². The van der Waals surface area contributed by atoms with E-state index in [-0.39, 0.29) is 11.4 Å². The monoisotopic (exact) mass is 343 g/mol. The van der Waals surface area contributed by atoms with Gasteiger partial charge in [-0.1, -0.05) is 15.9 Å². The quantitative estimate of drug-likeness (QED) is 0.802. The first-order valence-corrected chi connectivity index (χ1v) is 7.98. The van der Waals surface area contributed by atoms with Crippen LogP contribution in [0.3, 0.4) is 0 Å². The summed E-state index contributed by atoms with van der Waals surface area (Å²) < 4.78 is 20.0. The average Bonchev–Trinajstić information content (AvgIpc) is 2.37. The molecule has 1 aromatic rings. The van der Waals surface area contributed by atoms with Crippen LogP contribution in [0.5, 0.6) is 5.75 Å². The van der Waals surface area contributed by atoms with Crippen LogP contribution in [0.1, 0.15) is 33.6 Å². The Hall–Kier alpha value is -0.610. The zero-order valence-corrected chi connectivity index (χ0v) is 14.0. The van der Waals surface area contributed by atoms with Gasteiger partial charge in [-0.3, -0.25) is 4.90 Å². The van der Waals surface area contributed by atoms with Gasteiger partial charge in [0.1, 0.15) is 0 Å². The predicted molar refractivity (Wildman–Crippen MR) is 83.6 cm³/mol. The minimum absolute atomic E-state index is 0.240. The molecule has 0 spiro atoms. The molecule has 1 saturated heterocycles. The van der Waals surface area contributed by atoms with E-state index >= 15 is 0 Å². The molecule has 0 bridgehead atoms. The Labute approximate surface area is 129 Å². The van der Waals surface area contributed by atoms with Crippen molar-refractivity contribution in [2.24, 2.45) is 5.92 Å². The van der Waals surface area contributed by atoms with Gasteiger partial charge in [0, 0.05) is 10.0 Å². The van der Waals surface area contributed by atoms with Crippen LogP contribution in [0.4, 0.5) is 4.39 Å². The van der Waals surface area contributed by atoms with Gasteiger partial charge in [-0.2, -0.15) is 0 Å². The van der Waals surface area contributed by atoms with Crippen molar-refractivity contribution < 1.29 is 9.13 Å². The third-order valence-corrected chi connectivity index (χ3v) is 4.42. The van der Waals surface area contributed by atoms with E-state index in [1.54, 1.807) is 12.1 Å². The molecule has 2 nitrogen and oxygen atoms in total. The third-order valence-electron chi connectivity index (χ3n) is 3.93. The Bertz CT molecular complexity index is 450. The first-order valence-electron chi connectivity index (χ1n) is 7.19. The molecule has 1 heterocycles. The fraction of sp³-hybridized carbons (Fsp3) is 0.625. The molecule has 112 valence electrons. The number of halogens is 2. The summed E-state index contributed by atoms with van der Waals surface area (Å²) in [5, 5.41) is 0. The van der Waals surface area contributed by atoms with Crippen molar-refractivity contribution in [2.75, 3.05) is 19.7 Å². The van der Waals surface area contributed by atoms with Crippen LogP contribution in [-0.4, -0.2) is 30.1 Å². The standard InChI is InChI=1S/C16H23BrFNO/c1-16(2,3)19-8-6-12(7-9-19)11-20-15-5-4-13(17)10-14(15)18/h4-5,10,12H,6-9,11H2,1-3H3. The Kier molecular flexibility index (Phi) is 5.08. The number of rotatable bonds is 3. The van der Waals surface area contributed by atoms with Crippen LogP contribution in [0, 0.1) is 11.7 Å². The molecule has 1 aliphatic rings. The lowest BCUT2D eigenvalue weighted by molar-refractivity contribution is 0.0714. The zero-order chi connectivity index (χ0) is 14.8. The predicted octanol–water partition coefficient (Wildman–Crippen LogP) is 4.48. The van der Waals surface area contributed by atoms with Gasteiger partial charge in [0.05, 0.1) is 6.61 Å². The third kappa shape index (κ3) is 4.19. The van der Waals surface area contributed by atoms with Gasteiger partial charge in [-0.05, 0) is 70.8 Å². The molecule has 0 aliphatic carbocycles. The molecular weight excluding hydrogens is 321 g/mol. The van der Waals surface area contributed by atoms with E-state index in [4.69, 9.17) is 4.74 Å². The van der Waals surface area contributed by atoms with Gasteiger partial charge in [0.15, 0.2) is 11.6 Å². The van der Waals surface area contributed by atoms with Gasteiger partial charge in [0.25, 0.3) is 0 Å². The van der Waals surface area contributed by atoms with Crippen molar-refractivity contribution in [3.8, 4) is 5.75 Å².